The molecular weight excluding hydrogens is 266 g/mol. The molecule has 0 amide bonds. The number of hydrogen-bond donors (Lipinski definition) is 1. The fourth-order valence-corrected chi connectivity index (χ4v) is 2.22. The molecule has 0 unspecified atom stereocenters. The van der Waals surface area contributed by atoms with Gasteiger partial charge < -0.3 is 4.98 Å². The minimum Gasteiger partial charge on any atom is -0.345 e. The van der Waals surface area contributed by atoms with Gasteiger partial charge in [0.15, 0.2) is 0 Å². The Morgan fingerprint density at radius 2 is 1.81 bits per heavy atom. The molecule has 0 aliphatic rings. The Bertz CT molecular complexity index is 514. The molecule has 0 spiro atoms. The fraction of sp³-hybridized carbons (Fsp3) is 0.500. The highest BCUT2D eigenvalue weighted by Gasteiger charge is 2.15. The molecular formula is C12H16BrN3. The third kappa shape index (κ3) is 1.86. The Labute approximate surface area is 104 Å². The summed E-state index contributed by atoms with van der Waals surface area (Å²) in [6.45, 7) is 8.54. The van der Waals surface area contributed by atoms with Gasteiger partial charge in [-0.1, -0.05) is 27.7 Å². The first-order valence-electron chi connectivity index (χ1n) is 5.55. The Balaban J connectivity index is 2.76. The molecule has 0 atom stereocenters. The van der Waals surface area contributed by atoms with Crippen LogP contribution in [0.1, 0.15) is 51.0 Å². The van der Waals surface area contributed by atoms with Crippen molar-refractivity contribution in [3.63, 3.8) is 0 Å². The van der Waals surface area contributed by atoms with Gasteiger partial charge in [0.25, 0.3) is 0 Å². The lowest BCUT2D eigenvalue weighted by Crippen LogP contribution is -2.03. The van der Waals surface area contributed by atoms with E-state index in [0.29, 0.717) is 11.8 Å². The highest BCUT2D eigenvalue weighted by atomic mass is 79.9. The van der Waals surface area contributed by atoms with Crippen LogP contribution in [0.3, 0.4) is 0 Å². The van der Waals surface area contributed by atoms with Crippen LogP contribution in [0.4, 0.5) is 0 Å². The first kappa shape index (κ1) is 11.6. The number of aromatic nitrogens is 3. The summed E-state index contributed by atoms with van der Waals surface area (Å²) in [6.07, 6.45) is 1.93. The zero-order chi connectivity index (χ0) is 11.9. The second-order valence-corrected chi connectivity index (χ2v) is 5.49. The normalized spacial score (nSPS) is 11.9. The Morgan fingerprint density at radius 3 is 2.38 bits per heavy atom. The van der Waals surface area contributed by atoms with E-state index in [1.165, 1.54) is 0 Å². The van der Waals surface area contributed by atoms with Crippen LogP contribution >= 0.6 is 15.9 Å². The third-order valence-corrected chi connectivity index (χ3v) is 3.22. The molecule has 0 aliphatic heterocycles. The molecule has 16 heavy (non-hydrogen) atoms. The number of aromatic amines is 1. The molecule has 0 aliphatic carbocycles. The lowest BCUT2D eigenvalue weighted by molar-refractivity contribution is 0.742. The summed E-state index contributed by atoms with van der Waals surface area (Å²) in [5.74, 6) is 1.66. The molecule has 0 saturated heterocycles. The van der Waals surface area contributed by atoms with Gasteiger partial charge in [-0.2, -0.15) is 0 Å². The SMILES string of the molecule is CC(C)c1nc(C(C)C)c2c(Br)c[nH]c2n1. The number of fused-ring (bicyclic) bond motifs is 1. The van der Waals surface area contributed by atoms with Crippen LogP contribution in [0.5, 0.6) is 0 Å². The van der Waals surface area contributed by atoms with Crippen LogP contribution in [0.15, 0.2) is 10.7 Å². The second kappa shape index (κ2) is 4.17. The summed E-state index contributed by atoms with van der Waals surface area (Å²) < 4.78 is 1.04. The number of H-pyrrole nitrogens is 1. The van der Waals surface area contributed by atoms with E-state index in [-0.39, 0.29) is 0 Å². The predicted octanol–water partition coefficient (Wildman–Crippen LogP) is 3.97. The van der Waals surface area contributed by atoms with Gasteiger partial charge in [-0.25, -0.2) is 9.97 Å². The number of halogens is 1. The van der Waals surface area contributed by atoms with E-state index in [1.54, 1.807) is 0 Å². The van der Waals surface area contributed by atoms with Crippen molar-refractivity contribution in [3.05, 3.63) is 22.2 Å². The molecule has 86 valence electrons. The van der Waals surface area contributed by atoms with E-state index in [4.69, 9.17) is 0 Å². The standard InChI is InChI=1S/C12H16BrN3/c1-6(2)10-9-8(13)5-14-12(9)16-11(15-10)7(3)4/h5-7H,1-4H3,(H,14,15,16). The minimum absolute atomic E-state index is 0.351. The van der Waals surface area contributed by atoms with Crippen LogP contribution in [-0.4, -0.2) is 15.0 Å². The van der Waals surface area contributed by atoms with Gasteiger partial charge >= 0.3 is 0 Å². The van der Waals surface area contributed by atoms with E-state index >= 15 is 0 Å². The lowest BCUT2D eigenvalue weighted by atomic mass is 10.1. The van der Waals surface area contributed by atoms with Crippen molar-refractivity contribution in [2.45, 2.75) is 39.5 Å². The van der Waals surface area contributed by atoms with Gasteiger partial charge in [0, 0.05) is 16.6 Å². The smallest absolute Gasteiger partial charge is 0.142 e. The molecule has 0 radical (unpaired) electrons. The Morgan fingerprint density at radius 1 is 1.12 bits per heavy atom. The maximum absolute atomic E-state index is 4.67. The summed E-state index contributed by atoms with van der Waals surface area (Å²) in [7, 11) is 0. The second-order valence-electron chi connectivity index (χ2n) is 4.64. The third-order valence-electron chi connectivity index (χ3n) is 2.59. The van der Waals surface area contributed by atoms with Crippen LogP contribution in [0.2, 0.25) is 0 Å². The van der Waals surface area contributed by atoms with Crippen molar-refractivity contribution in [2.75, 3.05) is 0 Å². The van der Waals surface area contributed by atoms with Crippen LogP contribution in [0.25, 0.3) is 11.0 Å². The van der Waals surface area contributed by atoms with Gasteiger partial charge in [-0.15, -0.1) is 0 Å². The van der Waals surface area contributed by atoms with Crippen LogP contribution in [-0.2, 0) is 0 Å². The Kier molecular flexibility index (Phi) is 3.02. The largest absolute Gasteiger partial charge is 0.345 e. The van der Waals surface area contributed by atoms with Gasteiger partial charge in [-0.3, -0.25) is 0 Å². The molecule has 1 N–H and O–H groups in total. The maximum atomic E-state index is 4.67. The van der Waals surface area contributed by atoms with Crippen molar-refractivity contribution >= 4 is 27.0 Å². The summed E-state index contributed by atoms with van der Waals surface area (Å²) in [6, 6.07) is 0. The quantitative estimate of drug-likeness (QED) is 0.905. The van der Waals surface area contributed by atoms with E-state index in [1.807, 2.05) is 6.20 Å². The minimum atomic E-state index is 0.351. The molecule has 2 rings (SSSR count). The van der Waals surface area contributed by atoms with Crippen molar-refractivity contribution in [1.29, 1.82) is 0 Å². The molecule has 0 fully saturated rings. The molecule has 0 saturated carbocycles. The Hall–Kier alpha value is -0.900. The molecule has 2 aromatic heterocycles. The first-order chi connectivity index (χ1) is 7.50. The van der Waals surface area contributed by atoms with Crippen molar-refractivity contribution in [1.82, 2.24) is 15.0 Å². The van der Waals surface area contributed by atoms with Crippen molar-refractivity contribution in [2.24, 2.45) is 0 Å². The monoisotopic (exact) mass is 281 g/mol. The van der Waals surface area contributed by atoms with Gasteiger partial charge in [0.1, 0.15) is 11.5 Å². The summed E-state index contributed by atoms with van der Waals surface area (Å²) in [5, 5.41) is 1.11. The number of nitrogens with zero attached hydrogens (tertiary/aromatic N) is 2. The zero-order valence-electron chi connectivity index (χ0n) is 10.0. The summed E-state index contributed by atoms with van der Waals surface area (Å²) in [5.41, 5.74) is 2.04. The van der Waals surface area contributed by atoms with E-state index in [2.05, 4.69) is 58.6 Å². The number of nitrogens with one attached hydrogen (secondary N) is 1. The number of rotatable bonds is 2. The maximum Gasteiger partial charge on any atom is 0.142 e. The van der Waals surface area contributed by atoms with Crippen molar-refractivity contribution < 1.29 is 0 Å². The van der Waals surface area contributed by atoms with Crippen LogP contribution < -0.4 is 0 Å². The molecule has 2 aromatic rings. The molecule has 4 heteroatoms. The first-order valence-corrected chi connectivity index (χ1v) is 6.34. The van der Waals surface area contributed by atoms with E-state index in [0.717, 1.165) is 27.0 Å². The average molecular weight is 282 g/mol. The highest BCUT2D eigenvalue weighted by Crippen LogP contribution is 2.30. The molecule has 0 bridgehead atoms. The van der Waals surface area contributed by atoms with Gasteiger partial charge in [0.2, 0.25) is 0 Å². The average Bonchev–Trinajstić information content (AvgIpc) is 2.59. The topological polar surface area (TPSA) is 41.6 Å². The predicted molar refractivity (Wildman–Crippen MR) is 69.8 cm³/mol. The van der Waals surface area contributed by atoms with E-state index < -0.39 is 0 Å². The molecule has 0 aromatic carbocycles. The fourth-order valence-electron chi connectivity index (χ4n) is 1.72. The zero-order valence-corrected chi connectivity index (χ0v) is 11.6. The summed E-state index contributed by atoms with van der Waals surface area (Å²) in [4.78, 5) is 12.4. The van der Waals surface area contributed by atoms with Crippen molar-refractivity contribution in [3.8, 4) is 0 Å². The van der Waals surface area contributed by atoms with Gasteiger partial charge in [0.05, 0.1) is 11.1 Å². The van der Waals surface area contributed by atoms with Crippen LogP contribution in [0, 0.1) is 0 Å². The summed E-state index contributed by atoms with van der Waals surface area (Å²) >= 11 is 3.54. The lowest BCUT2D eigenvalue weighted by Gasteiger charge is -2.10. The molecule has 3 nitrogen and oxygen atoms in total. The molecule has 2 heterocycles. The van der Waals surface area contributed by atoms with Gasteiger partial charge in [-0.05, 0) is 21.8 Å². The highest BCUT2D eigenvalue weighted by molar-refractivity contribution is 9.10. The number of hydrogen-bond acceptors (Lipinski definition) is 2. The van der Waals surface area contributed by atoms with E-state index in [9.17, 15) is 0 Å².